The van der Waals surface area contributed by atoms with E-state index in [4.69, 9.17) is 4.18 Å². The largest absolute Gasteiger partial charge is 2.00 e. The van der Waals surface area contributed by atoms with Gasteiger partial charge in [0.2, 0.25) is 0 Å². The maximum Gasteiger partial charge on any atom is 2.00 e. The van der Waals surface area contributed by atoms with Gasteiger partial charge in [0.05, 0.1) is 19.6 Å². The molecule has 0 saturated heterocycles. The summed E-state index contributed by atoms with van der Waals surface area (Å²) >= 11 is 0. The molecule has 0 N–H and O–H groups in total. The van der Waals surface area contributed by atoms with Gasteiger partial charge in [-0.15, -0.1) is 0 Å². The summed E-state index contributed by atoms with van der Waals surface area (Å²) in [6.45, 7) is 6.72. The van der Waals surface area contributed by atoms with Crippen molar-refractivity contribution in [2.24, 2.45) is 0 Å². The molecular formula is C22H30MgO3SSi. The van der Waals surface area contributed by atoms with E-state index in [2.05, 4.69) is 49.1 Å². The second kappa shape index (κ2) is 12.6. The number of allylic oxidation sites excluding steroid dienone is 1. The van der Waals surface area contributed by atoms with Gasteiger partial charge in [0.25, 0.3) is 10.1 Å². The Morgan fingerprint density at radius 3 is 2.21 bits per heavy atom. The van der Waals surface area contributed by atoms with E-state index in [0.717, 1.165) is 18.4 Å². The van der Waals surface area contributed by atoms with Crippen LogP contribution >= 0.6 is 0 Å². The molecule has 148 valence electrons. The second-order valence-corrected chi connectivity index (χ2v) is 12.9. The number of rotatable bonds is 9. The molecule has 0 fully saturated rings. The van der Waals surface area contributed by atoms with Crippen molar-refractivity contribution in [2.75, 3.05) is 6.61 Å². The molecule has 0 atom stereocenters. The molecule has 0 aliphatic heterocycles. The normalized spacial score (nSPS) is 11.7. The minimum Gasteiger partial charge on any atom is -0.504 e. The van der Waals surface area contributed by atoms with Crippen LogP contribution in [0.3, 0.4) is 0 Å². The van der Waals surface area contributed by atoms with Crippen molar-refractivity contribution in [3.8, 4) is 0 Å². The smallest absolute Gasteiger partial charge is 0.504 e. The van der Waals surface area contributed by atoms with Crippen LogP contribution in [0.1, 0.15) is 24.8 Å². The summed E-state index contributed by atoms with van der Waals surface area (Å²) in [4.78, 5) is 0.213. The van der Waals surface area contributed by atoms with Crippen LogP contribution in [0.25, 0.3) is 0 Å². The third-order valence-electron chi connectivity index (χ3n) is 4.24. The third-order valence-corrected chi connectivity index (χ3v) is 8.32. The molecule has 2 aromatic rings. The van der Waals surface area contributed by atoms with Gasteiger partial charge in [-0.05, 0) is 25.5 Å². The number of hydrogen-bond donors (Lipinski definition) is 0. The summed E-state index contributed by atoms with van der Waals surface area (Å²) in [5, 5.41) is 1.39. The zero-order chi connectivity index (χ0) is 19.0. The summed E-state index contributed by atoms with van der Waals surface area (Å²) in [5.74, 6) is 0. The molecule has 0 unspecified atom stereocenters. The first-order chi connectivity index (χ1) is 12.3. The van der Waals surface area contributed by atoms with Gasteiger partial charge in [-0.25, -0.2) is 0 Å². The molecule has 6 heteroatoms. The summed E-state index contributed by atoms with van der Waals surface area (Å²) < 4.78 is 29.3. The molecule has 0 aliphatic rings. The summed E-state index contributed by atoms with van der Waals surface area (Å²) in [5.41, 5.74) is 3.25. The van der Waals surface area contributed by atoms with Crippen LogP contribution in [0.4, 0.5) is 0 Å². The Kier molecular flexibility index (Phi) is 12.2. The van der Waals surface area contributed by atoms with Gasteiger partial charge < -0.3 is 13.5 Å². The molecule has 0 aliphatic carbocycles. The Morgan fingerprint density at radius 2 is 1.61 bits per heavy atom. The Morgan fingerprint density at radius 1 is 1.00 bits per heavy atom. The molecule has 3 nitrogen and oxygen atoms in total. The molecular weight excluding hydrogens is 397 g/mol. The topological polar surface area (TPSA) is 43.4 Å². The summed E-state index contributed by atoms with van der Waals surface area (Å²) in [6, 6.07) is 17.2. The van der Waals surface area contributed by atoms with E-state index in [1.54, 1.807) is 24.3 Å². The van der Waals surface area contributed by atoms with Crippen LogP contribution in [-0.2, 0) is 14.3 Å². The Labute approximate surface area is 188 Å². The molecule has 0 spiro atoms. The van der Waals surface area contributed by atoms with Crippen LogP contribution in [-0.4, -0.2) is 46.2 Å². The number of aryl methyl sites for hydroxylation is 1. The SMILES string of the molecule is Cc1ccc(S(=O)(=O)OCCCC[C-]=C[Si](C)(C)c2ccccc2)cc1.[CH3-].[Mg+2]. The average molecular weight is 427 g/mol. The molecule has 0 amide bonds. The first-order valence-electron chi connectivity index (χ1n) is 8.91. The van der Waals surface area contributed by atoms with Crippen molar-refractivity contribution in [2.45, 2.75) is 44.2 Å². The average Bonchev–Trinajstić information content (AvgIpc) is 2.62. The van der Waals surface area contributed by atoms with Gasteiger partial charge >= 0.3 is 23.1 Å². The van der Waals surface area contributed by atoms with E-state index in [1.165, 1.54) is 5.19 Å². The fourth-order valence-corrected chi connectivity index (χ4v) is 5.36. The van der Waals surface area contributed by atoms with Crippen LogP contribution in [0.2, 0.25) is 13.1 Å². The van der Waals surface area contributed by atoms with E-state index in [1.807, 2.05) is 13.0 Å². The maximum atomic E-state index is 12.1. The molecule has 28 heavy (non-hydrogen) atoms. The Balaban J connectivity index is 0.00000364. The monoisotopic (exact) mass is 426 g/mol. The predicted molar refractivity (Wildman–Crippen MR) is 122 cm³/mol. The second-order valence-electron chi connectivity index (χ2n) is 6.98. The van der Waals surface area contributed by atoms with Crippen LogP contribution in [0.5, 0.6) is 0 Å². The van der Waals surface area contributed by atoms with Gasteiger partial charge in [-0.1, -0.05) is 72.7 Å². The zero-order valence-electron chi connectivity index (χ0n) is 17.4. The van der Waals surface area contributed by atoms with E-state index in [0.29, 0.717) is 6.42 Å². The predicted octanol–water partition coefficient (Wildman–Crippen LogP) is 4.45. The number of hydrogen-bond acceptors (Lipinski definition) is 3. The maximum absolute atomic E-state index is 12.1. The van der Waals surface area contributed by atoms with Crippen molar-refractivity contribution in [3.05, 3.63) is 79.4 Å². The van der Waals surface area contributed by atoms with Crippen molar-refractivity contribution in [3.63, 3.8) is 0 Å². The Hall–Kier alpha value is -0.927. The molecule has 0 radical (unpaired) electrons. The van der Waals surface area contributed by atoms with Crippen LogP contribution in [0, 0.1) is 20.4 Å². The fourth-order valence-electron chi connectivity index (χ4n) is 2.55. The van der Waals surface area contributed by atoms with Crippen molar-refractivity contribution < 1.29 is 12.6 Å². The van der Waals surface area contributed by atoms with E-state index in [9.17, 15) is 8.42 Å². The third kappa shape index (κ3) is 8.61. The summed E-state index contributed by atoms with van der Waals surface area (Å²) in [7, 11) is -5.24. The molecule has 0 saturated carbocycles. The molecule has 2 rings (SSSR count). The minimum atomic E-state index is -3.65. The van der Waals surface area contributed by atoms with Gasteiger partial charge in [-0.2, -0.15) is 14.8 Å². The number of unbranched alkanes of at least 4 members (excludes halogenated alkanes) is 2. The zero-order valence-corrected chi connectivity index (χ0v) is 20.7. The standard InChI is InChI=1S/C21H27O3SSi.CH3.Mg/c1-19-13-15-20(16-14-19)25(22,23)24-17-9-4-5-10-18-26(2,3)21-11-7-6-8-12-21;;/h6-8,11-16,18H,4-5,9,17H2,1-3H3;1H3;/q2*-1;+2. The summed E-state index contributed by atoms with van der Waals surface area (Å²) in [6.07, 6.45) is 5.76. The van der Waals surface area contributed by atoms with Crippen molar-refractivity contribution >= 4 is 46.4 Å². The van der Waals surface area contributed by atoms with E-state index < -0.39 is 18.2 Å². The number of benzene rings is 2. The molecule has 2 aromatic carbocycles. The van der Waals surface area contributed by atoms with Gasteiger partial charge in [0.15, 0.2) is 0 Å². The van der Waals surface area contributed by atoms with Crippen LogP contribution in [0.15, 0.2) is 65.2 Å². The molecule has 0 aromatic heterocycles. The minimum absolute atomic E-state index is 0. The van der Waals surface area contributed by atoms with E-state index >= 15 is 0 Å². The van der Waals surface area contributed by atoms with Gasteiger partial charge in [0, 0.05) is 0 Å². The quantitative estimate of drug-likeness (QED) is 0.257. The molecule has 0 bridgehead atoms. The van der Waals surface area contributed by atoms with Crippen molar-refractivity contribution in [1.29, 1.82) is 0 Å². The van der Waals surface area contributed by atoms with Gasteiger partial charge in [0.1, 0.15) is 0 Å². The first-order valence-corrected chi connectivity index (χ1v) is 13.4. The van der Waals surface area contributed by atoms with Crippen LogP contribution < -0.4 is 5.19 Å². The fraction of sp³-hybridized carbons (Fsp3) is 0.318. The Bertz CT molecular complexity index is 817. The van der Waals surface area contributed by atoms with Gasteiger partial charge in [-0.3, -0.25) is 9.88 Å². The van der Waals surface area contributed by atoms with Crippen molar-refractivity contribution in [1.82, 2.24) is 0 Å². The molecule has 0 heterocycles. The first kappa shape index (κ1) is 27.1. The van der Waals surface area contributed by atoms with E-state index in [-0.39, 0.29) is 42.0 Å².